The first-order chi connectivity index (χ1) is 12.3. The summed E-state index contributed by atoms with van der Waals surface area (Å²) < 4.78 is 68.5. The maximum atomic E-state index is 13.9. The van der Waals surface area contributed by atoms with E-state index in [9.17, 15) is 26.7 Å². The minimum absolute atomic E-state index is 0.0549. The summed E-state index contributed by atoms with van der Waals surface area (Å²) in [6, 6.07) is 6.67. The third kappa shape index (κ3) is 3.27. The molecule has 9 heteroatoms. The summed E-state index contributed by atoms with van der Waals surface area (Å²) in [6.45, 7) is 0.0734. The van der Waals surface area contributed by atoms with Crippen LogP contribution in [0.2, 0.25) is 0 Å². The summed E-state index contributed by atoms with van der Waals surface area (Å²) >= 11 is 3.26. The number of carbonyl (C=O) groups excluding carboxylic acids is 1. The first-order valence-electron chi connectivity index (χ1n) is 7.62. The fourth-order valence-corrected chi connectivity index (χ4v) is 3.04. The van der Waals surface area contributed by atoms with Crippen LogP contribution in [0.1, 0.15) is 10.4 Å². The predicted octanol–water partition coefficient (Wildman–Crippen LogP) is 4.11. The Kier molecular flexibility index (Phi) is 5.17. The van der Waals surface area contributed by atoms with Gasteiger partial charge in [0.2, 0.25) is 5.82 Å². The van der Waals surface area contributed by atoms with E-state index in [2.05, 4.69) is 15.9 Å². The van der Waals surface area contributed by atoms with Gasteiger partial charge in [0.15, 0.2) is 23.3 Å². The summed E-state index contributed by atoms with van der Waals surface area (Å²) in [6.07, 6.45) is 0. The van der Waals surface area contributed by atoms with Crippen molar-refractivity contribution in [1.82, 2.24) is 4.90 Å². The summed E-state index contributed by atoms with van der Waals surface area (Å²) in [5.74, 6) is -10.1. The zero-order chi connectivity index (χ0) is 19.0. The van der Waals surface area contributed by atoms with Crippen molar-refractivity contribution < 1.29 is 26.7 Å². The van der Waals surface area contributed by atoms with Gasteiger partial charge >= 0.3 is 0 Å². The Balaban J connectivity index is 1.77. The molecule has 3 nitrogen and oxygen atoms in total. The van der Waals surface area contributed by atoms with Gasteiger partial charge in [-0.05, 0) is 24.3 Å². The number of anilines is 1. The molecule has 138 valence electrons. The molecule has 26 heavy (non-hydrogen) atoms. The molecule has 0 aliphatic carbocycles. The fraction of sp³-hybridized carbons (Fsp3) is 0.235. The average molecular weight is 435 g/mol. The van der Waals surface area contributed by atoms with Gasteiger partial charge in [-0.1, -0.05) is 15.9 Å². The van der Waals surface area contributed by atoms with Crippen LogP contribution < -0.4 is 4.90 Å². The molecule has 0 bridgehead atoms. The van der Waals surface area contributed by atoms with Crippen LogP contribution in [-0.4, -0.2) is 37.0 Å². The molecule has 1 saturated heterocycles. The van der Waals surface area contributed by atoms with E-state index in [0.717, 1.165) is 9.37 Å². The normalized spacial score (nSPS) is 14.7. The highest BCUT2D eigenvalue weighted by atomic mass is 79.9. The number of halogens is 6. The average Bonchev–Trinajstić information content (AvgIpc) is 2.65. The maximum absolute atomic E-state index is 13.9. The quantitative estimate of drug-likeness (QED) is 0.403. The van der Waals surface area contributed by atoms with Crippen molar-refractivity contribution in [3.8, 4) is 0 Å². The van der Waals surface area contributed by atoms with Gasteiger partial charge in [0, 0.05) is 36.2 Å². The number of hydrogen-bond acceptors (Lipinski definition) is 2. The number of hydrogen-bond donors (Lipinski definition) is 0. The van der Waals surface area contributed by atoms with Gasteiger partial charge in [-0.2, -0.15) is 0 Å². The number of rotatable bonds is 2. The Morgan fingerprint density at radius 3 is 1.73 bits per heavy atom. The molecular formula is C17H12BrF5N2O. The second kappa shape index (κ2) is 7.22. The van der Waals surface area contributed by atoms with Crippen LogP contribution in [0, 0.1) is 29.1 Å². The van der Waals surface area contributed by atoms with Crippen molar-refractivity contribution in [1.29, 1.82) is 0 Å². The molecule has 3 rings (SSSR count). The molecule has 1 aliphatic rings. The first-order valence-corrected chi connectivity index (χ1v) is 8.41. The molecule has 0 saturated carbocycles. The molecule has 1 fully saturated rings. The minimum atomic E-state index is -2.19. The van der Waals surface area contributed by atoms with Gasteiger partial charge in [-0.25, -0.2) is 22.0 Å². The molecule has 2 aromatic rings. The van der Waals surface area contributed by atoms with Crippen LogP contribution in [-0.2, 0) is 0 Å². The highest BCUT2D eigenvalue weighted by Gasteiger charge is 2.31. The lowest BCUT2D eigenvalue weighted by Crippen LogP contribution is -2.49. The van der Waals surface area contributed by atoms with E-state index in [1.54, 1.807) is 24.3 Å². The van der Waals surface area contributed by atoms with Gasteiger partial charge < -0.3 is 9.80 Å². The van der Waals surface area contributed by atoms with E-state index in [-0.39, 0.29) is 32.1 Å². The molecule has 0 radical (unpaired) electrons. The van der Waals surface area contributed by atoms with Crippen molar-refractivity contribution in [2.75, 3.05) is 31.1 Å². The van der Waals surface area contributed by atoms with E-state index < -0.39 is 34.8 Å². The summed E-state index contributed by atoms with van der Waals surface area (Å²) in [4.78, 5) is 14.9. The van der Waals surface area contributed by atoms with Gasteiger partial charge in [-0.15, -0.1) is 0 Å². The van der Waals surface area contributed by atoms with Crippen LogP contribution in [0.25, 0.3) is 0 Å². The molecule has 0 spiro atoms. The second-order valence-corrected chi connectivity index (χ2v) is 6.62. The third-order valence-electron chi connectivity index (χ3n) is 4.16. The summed E-state index contributed by atoms with van der Waals surface area (Å²) in [5, 5.41) is 0. The maximum Gasteiger partial charge on any atom is 0.253 e. The molecule has 2 aromatic carbocycles. The lowest BCUT2D eigenvalue weighted by atomic mass is 10.1. The molecule has 0 aromatic heterocycles. The van der Waals surface area contributed by atoms with Crippen molar-refractivity contribution in [3.63, 3.8) is 0 Å². The van der Waals surface area contributed by atoms with Crippen molar-refractivity contribution >= 4 is 27.5 Å². The van der Waals surface area contributed by atoms with Crippen LogP contribution in [0.15, 0.2) is 28.7 Å². The molecule has 1 heterocycles. The largest absolute Gasteiger partial charge is 0.363 e. The molecule has 0 atom stereocenters. The zero-order valence-corrected chi connectivity index (χ0v) is 14.8. The van der Waals surface area contributed by atoms with Gasteiger partial charge in [0.05, 0.1) is 0 Å². The fourth-order valence-electron chi connectivity index (χ4n) is 2.78. The first kappa shape index (κ1) is 18.6. The standard InChI is InChI=1S/C17H12BrF5N2O/c18-10-3-1-9(2-4-10)17(26)25-7-5-24(6-8-25)16-14(22)12(20)11(19)13(21)15(16)23/h1-4H,5-8H2. The Morgan fingerprint density at radius 2 is 1.23 bits per heavy atom. The second-order valence-electron chi connectivity index (χ2n) is 5.70. The van der Waals surface area contributed by atoms with Crippen LogP contribution >= 0.6 is 15.9 Å². The SMILES string of the molecule is O=C(c1ccc(Br)cc1)N1CCN(c2c(F)c(F)c(F)c(F)c2F)CC1. The zero-order valence-electron chi connectivity index (χ0n) is 13.2. The predicted molar refractivity (Wildman–Crippen MR) is 88.5 cm³/mol. The Hall–Kier alpha value is -2.16. The topological polar surface area (TPSA) is 23.6 Å². The summed E-state index contributed by atoms with van der Waals surface area (Å²) in [7, 11) is 0. The number of piperazine rings is 1. The van der Waals surface area contributed by atoms with Gasteiger partial charge in [-0.3, -0.25) is 4.79 Å². The van der Waals surface area contributed by atoms with Crippen molar-refractivity contribution in [3.05, 3.63) is 63.4 Å². The molecular weight excluding hydrogens is 423 g/mol. The Morgan fingerprint density at radius 1 is 0.769 bits per heavy atom. The molecule has 0 unspecified atom stereocenters. The van der Waals surface area contributed by atoms with Gasteiger partial charge in [0.1, 0.15) is 5.69 Å². The summed E-state index contributed by atoms with van der Waals surface area (Å²) in [5.41, 5.74) is -0.518. The van der Waals surface area contributed by atoms with Crippen LogP contribution in [0.4, 0.5) is 27.6 Å². The Labute approximate surface area is 154 Å². The van der Waals surface area contributed by atoms with Gasteiger partial charge in [0.25, 0.3) is 5.91 Å². The number of nitrogens with zero attached hydrogens (tertiary/aromatic N) is 2. The lowest BCUT2D eigenvalue weighted by Gasteiger charge is -2.36. The van der Waals surface area contributed by atoms with Crippen molar-refractivity contribution in [2.24, 2.45) is 0 Å². The van der Waals surface area contributed by atoms with Crippen LogP contribution in [0.3, 0.4) is 0 Å². The van der Waals surface area contributed by atoms with Crippen LogP contribution in [0.5, 0.6) is 0 Å². The number of amides is 1. The minimum Gasteiger partial charge on any atom is -0.363 e. The molecule has 0 N–H and O–H groups in total. The highest BCUT2D eigenvalue weighted by molar-refractivity contribution is 9.10. The van der Waals surface area contributed by atoms with Crippen molar-refractivity contribution in [2.45, 2.75) is 0 Å². The van der Waals surface area contributed by atoms with E-state index in [4.69, 9.17) is 0 Å². The van der Waals surface area contributed by atoms with E-state index in [1.165, 1.54) is 4.90 Å². The Bertz CT molecular complexity index is 822. The monoisotopic (exact) mass is 434 g/mol. The molecule has 1 amide bonds. The highest BCUT2D eigenvalue weighted by Crippen LogP contribution is 2.31. The molecule has 1 aliphatic heterocycles. The number of benzene rings is 2. The lowest BCUT2D eigenvalue weighted by molar-refractivity contribution is 0.0746. The van der Waals surface area contributed by atoms with E-state index >= 15 is 0 Å². The number of carbonyl (C=O) groups is 1. The smallest absolute Gasteiger partial charge is 0.253 e. The van der Waals surface area contributed by atoms with E-state index in [1.807, 2.05) is 0 Å². The van der Waals surface area contributed by atoms with E-state index in [0.29, 0.717) is 5.56 Å². The third-order valence-corrected chi connectivity index (χ3v) is 4.69.